The molecule has 0 saturated heterocycles. The molecule has 0 aliphatic carbocycles. The molecule has 0 radical (unpaired) electrons. The molecule has 7 heteroatoms. The molecule has 1 aliphatic heterocycles. The van der Waals surface area contributed by atoms with Crippen LogP contribution < -0.4 is 19.7 Å². The molecule has 0 aromatic heterocycles. The molecule has 1 heterocycles. The summed E-state index contributed by atoms with van der Waals surface area (Å²) in [5, 5.41) is 3.48. The van der Waals surface area contributed by atoms with E-state index >= 15 is 0 Å². The number of nitrogens with one attached hydrogen (secondary N) is 1. The van der Waals surface area contributed by atoms with Crippen LogP contribution in [0.2, 0.25) is 5.02 Å². The molecule has 1 N–H and O–H groups in total. The van der Waals surface area contributed by atoms with E-state index in [4.69, 9.17) is 21.1 Å². The first kappa shape index (κ1) is 19.0. The second kappa shape index (κ2) is 8.77. The van der Waals surface area contributed by atoms with Crippen LogP contribution in [0.3, 0.4) is 0 Å². The number of carbonyl (C=O) groups is 2. The minimum absolute atomic E-state index is 0.0184. The maximum atomic E-state index is 12.3. The molecule has 2 aromatic carbocycles. The Morgan fingerprint density at radius 1 is 1.26 bits per heavy atom. The number of rotatable bonds is 7. The zero-order valence-corrected chi connectivity index (χ0v) is 15.8. The summed E-state index contributed by atoms with van der Waals surface area (Å²) in [5.74, 6) is 1.08. The van der Waals surface area contributed by atoms with E-state index in [-0.39, 0.29) is 18.4 Å². The van der Waals surface area contributed by atoms with Crippen LogP contribution in [0.25, 0.3) is 0 Å². The standard InChI is InChI=1S/C20H21ClN2O4/c1-2-3-19(24)22-15-6-9-18-17(12-15)23(20(25)13-27-18)10-11-26-16-7-4-14(21)5-8-16/h4-9,12H,2-3,10-11,13H2,1H3,(H,22,24). The maximum absolute atomic E-state index is 12.3. The van der Waals surface area contributed by atoms with Crippen molar-refractivity contribution in [3.05, 3.63) is 47.5 Å². The highest BCUT2D eigenvalue weighted by molar-refractivity contribution is 6.30. The monoisotopic (exact) mass is 388 g/mol. The van der Waals surface area contributed by atoms with E-state index in [1.54, 1.807) is 47.4 Å². The lowest BCUT2D eigenvalue weighted by Gasteiger charge is -2.29. The molecule has 1 aliphatic rings. The molecule has 3 rings (SSSR count). The second-order valence-corrected chi connectivity index (χ2v) is 6.55. The van der Waals surface area contributed by atoms with Crippen molar-refractivity contribution in [2.24, 2.45) is 0 Å². The SMILES string of the molecule is CCCC(=O)Nc1ccc2c(c1)N(CCOc1ccc(Cl)cc1)C(=O)CO2. The van der Waals surface area contributed by atoms with E-state index in [0.29, 0.717) is 47.5 Å². The average Bonchev–Trinajstić information content (AvgIpc) is 2.65. The zero-order valence-electron chi connectivity index (χ0n) is 15.0. The molecule has 2 aromatic rings. The number of hydrogen-bond donors (Lipinski definition) is 1. The van der Waals surface area contributed by atoms with Crippen molar-refractivity contribution in [2.75, 3.05) is 30.0 Å². The summed E-state index contributed by atoms with van der Waals surface area (Å²) in [6.45, 7) is 2.61. The predicted octanol–water partition coefficient (Wildman–Crippen LogP) is 3.88. The number of fused-ring (bicyclic) bond motifs is 1. The van der Waals surface area contributed by atoms with E-state index in [1.807, 2.05) is 6.92 Å². The Kier molecular flexibility index (Phi) is 6.19. The van der Waals surface area contributed by atoms with E-state index in [0.717, 1.165) is 6.42 Å². The van der Waals surface area contributed by atoms with Crippen LogP contribution >= 0.6 is 11.6 Å². The van der Waals surface area contributed by atoms with Crippen LogP contribution in [-0.2, 0) is 9.59 Å². The van der Waals surface area contributed by atoms with Crippen molar-refractivity contribution in [1.82, 2.24) is 0 Å². The average molecular weight is 389 g/mol. The van der Waals surface area contributed by atoms with Gasteiger partial charge in [0.1, 0.15) is 18.1 Å². The highest BCUT2D eigenvalue weighted by Crippen LogP contribution is 2.34. The van der Waals surface area contributed by atoms with Gasteiger partial charge in [0, 0.05) is 17.1 Å². The Bertz CT molecular complexity index is 823. The van der Waals surface area contributed by atoms with Crippen LogP contribution in [0.1, 0.15) is 19.8 Å². The van der Waals surface area contributed by atoms with Crippen molar-refractivity contribution in [3.8, 4) is 11.5 Å². The normalized spacial score (nSPS) is 13.0. The summed E-state index contributed by atoms with van der Waals surface area (Å²) < 4.78 is 11.2. The van der Waals surface area contributed by atoms with Crippen LogP contribution in [0, 0.1) is 0 Å². The van der Waals surface area contributed by atoms with Gasteiger partial charge in [-0.05, 0) is 48.9 Å². The van der Waals surface area contributed by atoms with Crippen LogP contribution in [0.15, 0.2) is 42.5 Å². The van der Waals surface area contributed by atoms with Crippen molar-refractivity contribution >= 4 is 34.8 Å². The number of halogens is 1. The highest BCUT2D eigenvalue weighted by Gasteiger charge is 2.26. The first-order chi connectivity index (χ1) is 13.1. The fraction of sp³-hybridized carbons (Fsp3) is 0.300. The van der Waals surface area contributed by atoms with Gasteiger partial charge in [-0.3, -0.25) is 9.59 Å². The topological polar surface area (TPSA) is 67.9 Å². The Hall–Kier alpha value is -2.73. The van der Waals surface area contributed by atoms with E-state index in [1.165, 1.54) is 0 Å². The minimum atomic E-state index is -0.153. The summed E-state index contributed by atoms with van der Waals surface area (Å²) in [5.41, 5.74) is 1.26. The summed E-state index contributed by atoms with van der Waals surface area (Å²) in [4.78, 5) is 25.8. The first-order valence-corrected chi connectivity index (χ1v) is 9.20. The fourth-order valence-corrected chi connectivity index (χ4v) is 2.89. The van der Waals surface area contributed by atoms with E-state index in [2.05, 4.69) is 5.32 Å². The summed E-state index contributed by atoms with van der Waals surface area (Å²) in [6, 6.07) is 12.3. The molecular formula is C20H21ClN2O4. The van der Waals surface area contributed by atoms with Gasteiger partial charge in [0.2, 0.25) is 5.91 Å². The van der Waals surface area contributed by atoms with Gasteiger partial charge in [-0.25, -0.2) is 0 Å². The van der Waals surface area contributed by atoms with Gasteiger partial charge in [-0.15, -0.1) is 0 Å². The lowest BCUT2D eigenvalue weighted by Crippen LogP contribution is -2.41. The van der Waals surface area contributed by atoms with Gasteiger partial charge in [0.15, 0.2) is 6.61 Å². The quantitative estimate of drug-likeness (QED) is 0.781. The number of ether oxygens (including phenoxy) is 2. The lowest BCUT2D eigenvalue weighted by molar-refractivity contribution is -0.121. The number of benzene rings is 2. The Labute approximate surface area is 163 Å². The van der Waals surface area contributed by atoms with Gasteiger partial charge < -0.3 is 19.7 Å². The zero-order chi connectivity index (χ0) is 19.2. The number of amides is 2. The molecule has 0 unspecified atom stereocenters. The third-order valence-corrected chi connectivity index (χ3v) is 4.31. The molecule has 0 saturated carbocycles. The van der Waals surface area contributed by atoms with Gasteiger partial charge in [-0.1, -0.05) is 18.5 Å². The van der Waals surface area contributed by atoms with E-state index < -0.39 is 0 Å². The summed E-state index contributed by atoms with van der Waals surface area (Å²) >= 11 is 5.86. The molecule has 142 valence electrons. The lowest BCUT2D eigenvalue weighted by atomic mass is 10.2. The predicted molar refractivity (Wildman–Crippen MR) is 105 cm³/mol. The number of carbonyl (C=O) groups excluding carboxylic acids is 2. The molecule has 0 atom stereocenters. The molecule has 2 amide bonds. The third-order valence-electron chi connectivity index (χ3n) is 4.06. The third kappa shape index (κ3) is 4.92. The van der Waals surface area contributed by atoms with Crippen LogP contribution in [0.4, 0.5) is 11.4 Å². The molecule has 0 bridgehead atoms. The van der Waals surface area contributed by atoms with Crippen molar-refractivity contribution in [3.63, 3.8) is 0 Å². The van der Waals surface area contributed by atoms with Crippen LogP contribution in [0.5, 0.6) is 11.5 Å². The van der Waals surface area contributed by atoms with Crippen LogP contribution in [-0.4, -0.2) is 31.6 Å². The Balaban J connectivity index is 1.69. The molecule has 27 heavy (non-hydrogen) atoms. The fourth-order valence-electron chi connectivity index (χ4n) is 2.76. The molecule has 6 nitrogen and oxygen atoms in total. The Morgan fingerprint density at radius 2 is 2.04 bits per heavy atom. The minimum Gasteiger partial charge on any atom is -0.492 e. The van der Waals surface area contributed by atoms with Crippen molar-refractivity contribution < 1.29 is 19.1 Å². The molecular weight excluding hydrogens is 368 g/mol. The van der Waals surface area contributed by atoms with Gasteiger partial charge in [0.25, 0.3) is 5.91 Å². The summed E-state index contributed by atoms with van der Waals surface area (Å²) in [7, 11) is 0. The number of hydrogen-bond acceptors (Lipinski definition) is 4. The maximum Gasteiger partial charge on any atom is 0.265 e. The molecule has 0 fully saturated rings. The highest BCUT2D eigenvalue weighted by atomic mass is 35.5. The van der Waals surface area contributed by atoms with Crippen molar-refractivity contribution in [1.29, 1.82) is 0 Å². The number of nitrogens with zero attached hydrogens (tertiary/aromatic N) is 1. The summed E-state index contributed by atoms with van der Waals surface area (Å²) in [6.07, 6.45) is 1.22. The number of anilines is 2. The van der Waals surface area contributed by atoms with Gasteiger partial charge in [0.05, 0.1) is 12.2 Å². The second-order valence-electron chi connectivity index (χ2n) is 6.12. The first-order valence-electron chi connectivity index (χ1n) is 8.82. The van der Waals surface area contributed by atoms with Gasteiger partial charge >= 0.3 is 0 Å². The molecule has 0 spiro atoms. The largest absolute Gasteiger partial charge is 0.492 e. The Morgan fingerprint density at radius 3 is 2.78 bits per heavy atom. The van der Waals surface area contributed by atoms with E-state index in [9.17, 15) is 9.59 Å². The smallest absolute Gasteiger partial charge is 0.265 e. The van der Waals surface area contributed by atoms with Crippen molar-refractivity contribution in [2.45, 2.75) is 19.8 Å². The van der Waals surface area contributed by atoms with Gasteiger partial charge in [-0.2, -0.15) is 0 Å².